The van der Waals surface area contributed by atoms with Crippen LogP contribution in [0.25, 0.3) is 0 Å². The molecule has 1 heterocycles. The van der Waals surface area contributed by atoms with Crippen LogP contribution in [0.2, 0.25) is 0 Å². The summed E-state index contributed by atoms with van der Waals surface area (Å²) in [4.78, 5) is 37.2. The largest absolute Gasteiger partial charge is 0.469 e. The van der Waals surface area contributed by atoms with Gasteiger partial charge in [-0.3, -0.25) is 14.4 Å². The molecule has 3 saturated carbocycles. The van der Waals surface area contributed by atoms with Crippen LogP contribution in [0.15, 0.2) is 11.6 Å². The molecular weight excluding hydrogens is 384 g/mol. The number of methoxy groups -OCH3 is 1. The lowest BCUT2D eigenvalue weighted by molar-refractivity contribution is -0.197. The van der Waals surface area contributed by atoms with Gasteiger partial charge in [-0.25, -0.2) is 0 Å². The second-order valence-electron chi connectivity index (χ2n) is 10.8. The molecule has 0 aromatic rings. The Kier molecular flexibility index (Phi) is 4.32. The number of hydrogen-bond donors (Lipinski definition) is 1. The zero-order chi connectivity index (χ0) is 21.5. The number of rotatable bonds is 1. The van der Waals surface area contributed by atoms with Crippen LogP contribution in [0.3, 0.4) is 0 Å². The molecular formula is C24H32O6. The Morgan fingerprint density at radius 1 is 1.20 bits per heavy atom. The van der Waals surface area contributed by atoms with Crippen molar-refractivity contribution in [3.63, 3.8) is 0 Å². The summed E-state index contributed by atoms with van der Waals surface area (Å²) in [6.07, 6.45) is 6.21. The second-order valence-corrected chi connectivity index (χ2v) is 10.8. The van der Waals surface area contributed by atoms with E-state index in [1.807, 2.05) is 0 Å². The molecule has 6 heteroatoms. The van der Waals surface area contributed by atoms with E-state index >= 15 is 0 Å². The van der Waals surface area contributed by atoms with Crippen molar-refractivity contribution in [2.75, 3.05) is 7.11 Å². The predicted octanol–water partition coefficient (Wildman–Crippen LogP) is 2.96. The van der Waals surface area contributed by atoms with Gasteiger partial charge in [0.1, 0.15) is 5.60 Å². The number of fused-ring (bicyclic) bond motifs is 6. The van der Waals surface area contributed by atoms with Crippen molar-refractivity contribution in [3.8, 4) is 0 Å². The molecule has 4 aliphatic carbocycles. The number of aliphatic hydroxyl groups is 1. The fraction of sp³-hybridized carbons (Fsp3) is 0.792. The summed E-state index contributed by atoms with van der Waals surface area (Å²) in [5.41, 5.74) is -0.168. The fourth-order valence-corrected chi connectivity index (χ4v) is 8.35. The van der Waals surface area contributed by atoms with Crippen LogP contribution in [0.1, 0.15) is 65.2 Å². The van der Waals surface area contributed by atoms with Gasteiger partial charge < -0.3 is 14.6 Å². The van der Waals surface area contributed by atoms with Gasteiger partial charge in [0, 0.05) is 18.3 Å². The predicted molar refractivity (Wildman–Crippen MR) is 107 cm³/mol. The lowest BCUT2D eigenvalue weighted by Gasteiger charge is -2.62. The van der Waals surface area contributed by atoms with Crippen molar-refractivity contribution in [1.29, 1.82) is 0 Å². The van der Waals surface area contributed by atoms with E-state index < -0.39 is 11.7 Å². The maximum atomic E-state index is 12.9. The molecule has 5 rings (SSSR count). The molecule has 4 unspecified atom stereocenters. The average molecular weight is 417 g/mol. The molecule has 1 aliphatic heterocycles. The van der Waals surface area contributed by atoms with Gasteiger partial charge >= 0.3 is 11.9 Å². The van der Waals surface area contributed by atoms with Crippen molar-refractivity contribution in [1.82, 2.24) is 0 Å². The number of ketones is 1. The molecule has 1 spiro atoms. The Labute approximate surface area is 177 Å². The Bertz CT molecular complexity index is 847. The molecule has 1 N–H and O–H groups in total. The minimum atomic E-state index is -0.611. The Morgan fingerprint density at radius 2 is 1.97 bits per heavy atom. The van der Waals surface area contributed by atoms with Gasteiger partial charge in [0.15, 0.2) is 5.78 Å². The molecule has 30 heavy (non-hydrogen) atoms. The summed E-state index contributed by atoms with van der Waals surface area (Å²) < 4.78 is 11.2. The molecule has 0 bridgehead atoms. The zero-order valence-electron chi connectivity index (χ0n) is 18.1. The highest BCUT2D eigenvalue weighted by atomic mass is 16.6. The molecule has 0 radical (unpaired) electrons. The first-order chi connectivity index (χ1) is 14.1. The number of carbonyl (C=O) groups excluding carboxylic acids is 3. The highest BCUT2D eigenvalue weighted by Crippen LogP contribution is 2.70. The van der Waals surface area contributed by atoms with Crippen LogP contribution in [-0.4, -0.2) is 41.6 Å². The van der Waals surface area contributed by atoms with Crippen molar-refractivity contribution in [2.24, 2.45) is 34.5 Å². The SMILES string of the molecule is COC(=O)C1CC2=CC(=O)CC[C@]2(C)C2C(O)C[C@@]3(C)C(CC[C@@]34CCC(=O)O4)[C@H]12. The Balaban J connectivity index is 1.62. The minimum absolute atomic E-state index is 0.0415. The summed E-state index contributed by atoms with van der Waals surface area (Å²) in [6.45, 7) is 4.33. The van der Waals surface area contributed by atoms with Crippen LogP contribution in [0, 0.1) is 34.5 Å². The summed E-state index contributed by atoms with van der Waals surface area (Å²) >= 11 is 0. The van der Waals surface area contributed by atoms with Gasteiger partial charge in [-0.15, -0.1) is 0 Å². The number of allylic oxidation sites excluding steroid dienone is 1. The first kappa shape index (κ1) is 20.2. The third kappa shape index (κ3) is 2.43. The van der Waals surface area contributed by atoms with E-state index in [9.17, 15) is 19.5 Å². The van der Waals surface area contributed by atoms with Crippen LogP contribution in [0.5, 0.6) is 0 Å². The van der Waals surface area contributed by atoms with E-state index in [1.165, 1.54) is 7.11 Å². The Hall–Kier alpha value is -1.69. The normalized spacial score (nSPS) is 49.7. The van der Waals surface area contributed by atoms with Crippen molar-refractivity contribution >= 4 is 17.7 Å². The second kappa shape index (κ2) is 6.41. The van der Waals surface area contributed by atoms with Crippen molar-refractivity contribution in [3.05, 3.63) is 11.6 Å². The lowest BCUT2D eigenvalue weighted by atomic mass is 9.43. The molecule has 1 saturated heterocycles. The number of aliphatic hydroxyl groups excluding tert-OH is 1. The van der Waals surface area contributed by atoms with Crippen molar-refractivity contribution < 1.29 is 29.0 Å². The van der Waals surface area contributed by atoms with Gasteiger partial charge in [-0.2, -0.15) is 0 Å². The average Bonchev–Trinajstić information content (AvgIpc) is 3.21. The zero-order valence-corrected chi connectivity index (χ0v) is 18.1. The summed E-state index contributed by atoms with van der Waals surface area (Å²) in [6, 6.07) is 0. The topological polar surface area (TPSA) is 89.9 Å². The Morgan fingerprint density at radius 3 is 2.63 bits per heavy atom. The molecule has 4 fully saturated rings. The van der Waals surface area contributed by atoms with E-state index in [4.69, 9.17) is 9.47 Å². The van der Waals surface area contributed by atoms with Gasteiger partial charge in [-0.05, 0) is 67.8 Å². The molecule has 0 aromatic heterocycles. The van der Waals surface area contributed by atoms with Crippen molar-refractivity contribution in [2.45, 2.75) is 76.9 Å². The van der Waals surface area contributed by atoms with Crippen LogP contribution < -0.4 is 0 Å². The van der Waals surface area contributed by atoms with E-state index in [1.54, 1.807) is 6.08 Å². The number of hydrogen-bond acceptors (Lipinski definition) is 6. The summed E-state index contributed by atoms with van der Waals surface area (Å²) in [7, 11) is 1.42. The first-order valence-electron chi connectivity index (χ1n) is 11.4. The van der Waals surface area contributed by atoms with Crippen LogP contribution in [0.4, 0.5) is 0 Å². The van der Waals surface area contributed by atoms with Crippen LogP contribution in [-0.2, 0) is 23.9 Å². The van der Waals surface area contributed by atoms with Gasteiger partial charge in [-0.1, -0.05) is 19.4 Å². The maximum absolute atomic E-state index is 12.9. The quantitative estimate of drug-likeness (QED) is 0.661. The first-order valence-corrected chi connectivity index (χ1v) is 11.4. The third-order valence-electron chi connectivity index (χ3n) is 9.79. The smallest absolute Gasteiger partial charge is 0.309 e. The summed E-state index contributed by atoms with van der Waals surface area (Å²) in [5, 5.41) is 11.6. The number of ether oxygens (including phenoxy) is 2. The molecule has 164 valence electrons. The van der Waals surface area contributed by atoms with E-state index in [0.717, 1.165) is 18.4 Å². The highest BCUT2D eigenvalue weighted by molar-refractivity contribution is 5.92. The minimum Gasteiger partial charge on any atom is -0.469 e. The monoisotopic (exact) mass is 416 g/mol. The van der Waals surface area contributed by atoms with E-state index in [-0.39, 0.29) is 52.2 Å². The molecule has 5 aliphatic rings. The third-order valence-corrected chi connectivity index (χ3v) is 9.79. The highest BCUT2D eigenvalue weighted by Gasteiger charge is 2.71. The van der Waals surface area contributed by atoms with E-state index in [2.05, 4.69) is 13.8 Å². The fourth-order valence-electron chi connectivity index (χ4n) is 8.35. The number of carbonyl (C=O) groups is 3. The van der Waals surface area contributed by atoms with Gasteiger partial charge in [0.05, 0.1) is 19.1 Å². The summed E-state index contributed by atoms with van der Waals surface area (Å²) in [5.74, 6) is -0.636. The maximum Gasteiger partial charge on any atom is 0.309 e. The molecule has 6 nitrogen and oxygen atoms in total. The molecule has 8 atom stereocenters. The standard InChI is InChI=1S/C24H32O6/c1-22-7-4-14(25)10-13(22)11-15(21(28)29-3)19-16-5-8-24(9-6-18(27)30-24)23(16,2)12-17(26)20(19)22/h10,15-17,19-20,26H,4-9,11-12H2,1-3H3/t15?,16?,17?,19-,20?,22-,23-,24+/m0/s1. The number of esters is 2. The molecule has 0 aromatic carbocycles. The lowest BCUT2D eigenvalue weighted by Crippen LogP contribution is -2.62. The van der Waals surface area contributed by atoms with Crippen LogP contribution >= 0.6 is 0 Å². The van der Waals surface area contributed by atoms with E-state index in [0.29, 0.717) is 38.5 Å². The van der Waals surface area contributed by atoms with Gasteiger partial charge in [0.2, 0.25) is 0 Å². The molecule has 0 amide bonds. The van der Waals surface area contributed by atoms with Gasteiger partial charge in [0.25, 0.3) is 0 Å².